The summed E-state index contributed by atoms with van der Waals surface area (Å²) in [5, 5.41) is 8.74. The summed E-state index contributed by atoms with van der Waals surface area (Å²) in [6, 6.07) is 0. The largest absolute Gasteiger partial charge is 0.389 e. The maximum absolute atomic E-state index is 8.74. The van der Waals surface area contributed by atoms with Crippen molar-refractivity contribution in [1.82, 2.24) is 0 Å². The summed E-state index contributed by atoms with van der Waals surface area (Å²) < 4.78 is 0. The summed E-state index contributed by atoms with van der Waals surface area (Å²) in [4.78, 5) is 0. The minimum Gasteiger partial charge on any atom is -0.389 e. The smallest absolute Gasteiger partial charge is 0.0718 e. The summed E-state index contributed by atoms with van der Waals surface area (Å²) in [6.07, 6.45) is 3.13. The second kappa shape index (κ2) is 3.88. The van der Waals surface area contributed by atoms with Crippen molar-refractivity contribution in [1.29, 1.82) is 0 Å². The molecule has 0 unspecified atom stereocenters. The molecule has 42 valence electrons. The monoisotopic (exact) mass is 100 g/mol. The molecular formula is C6H12O. The Hall–Kier alpha value is -0.300. The van der Waals surface area contributed by atoms with E-state index in [1.54, 1.807) is 6.08 Å². The van der Waals surface area contributed by atoms with Gasteiger partial charge < -0.3 is 5.11 Å². The van der Waals surface area contributed by atoms with Crippen molar-refractivity contribution in [2.24, 2.45) is 0 Å². The van der Waals surface area contributed by atoms with E-state index in [-0.39, 0.29) is 6.10 Å². The first-order chi connectivity index (χ1) is 3.31. The fourth-order valence-electron chi connectivity index (χ4n) is 0.414. The zero-order valence-electron chi connectivity index (χ0n) is 4.72. The Labute approximate surface area is 44.7 Å². The molecule has 0 heterocycles. The highest BCUT2D eigenvalue weighted by molar-refractivity contribution is 4.76. The van der Waals surface area contributed by atoms with Gasteiger partial charge >= 0.3 is 0 Å². The van der Waals surface area contributed by atoms with Crippen molar-refractivity contribution in [3.8, 4) is 0 Å². The number of hydrogen-bond acceptors (Lipinski definition) is 1. The molecule has 7 heavy (non-hydrogen) atoms. The van der Waals surface area contributed by atoms with E-state index in [2.05, 4.69) is 6.58 Å². The molecule has 0 radical (unpaired) electrons. The average molecular weight is 100 g/mol. The molecule has 0 aliphatic rings. The van der Waals surface area contributed by atoms with Crippen LogP contribution in [0.4, 0.5) is 0 Å². The van der Waals surface area contributed by atoms with Crippen molar-refractivity contribution < 1.29 is 5.11 Å². The third-order valence-electron chi connectivity index (χ3n) is 0.857. The molecule has 0 spiro atoms. The maximum atomic E-state index is 8.74. The summed E-state index contributed by atoms with van der Waals surface area (Å²) in [7, 11) is 0. The molecule has 1 heteroatoms. The highest BCUT2D eigenvalue weighted by Gasteiger charge is 1.90. The van der Waals surface area contributed by atoms with Crippen LogP contribution in [0.1, 0.15) is 19.8 Å². The zero-order chi connectivity index (χ0) is 5.70. The Morgan fingerprint density at radius 2 is 2.43 bits per heavy atom. The van der Waals surface area contributed by atoms with Gasteiger partial charge in [0.2, 0.25) is 0 Å². The zero-order valence-corrected chi connectivity index (χ0v) is 4.72. The van der Waals surface area contributed by atoms with Crippen molar-refractivity contribution in [2.75, 3.05) is 0 Å². The lowest BCUT2D eigenvalue weighted by Gasteiger charge is -1.97. The van der Waals surface area contributed by atoms with Crippen LogP contribution >= 0.6 is 0 Å². The van der Waals surface area contributed by atoms with Gasteiger partial charge in [-0.15, -0.1) is 6.58 Å². The van der Waals surface area contributed by atoms with Crippen molar-refractivity contribution in [2.45, 2.75) is 25.9 Å². The van der Waals surface area contributed by atoms with Gasteiger partial charge in [-0.05, 0) is 6.42 Å². The molecule has 1 atom stereocenters. The van der Waals surface area contributed by atoms with E-state index in [0.717, 1.165) is 12.8 Å². The molecule has 0 bridgehead atoms. The molecule has 0 aliphatic carbocycles. The number of aliphatic hydroxyl groups is 1. The molecule has 0 rings (SSSR count). The number of rotatable bonds is 3. The number of hydrogen-bond donors (Lipinski definition) is 1. The van der Waals surface area contributed by atoms with E-state index >= 15 is 0 Å². The lowest BCUT2D eigenvalue weighted by molar-refractivity contribution is 0.212. The number of aliphatic hydroxyl groups excluding tert-OH is 1. The quantitative estimate of drug-likeness (QED) is 0.530. The van der Waals surface area contributed by atoms with Crippen LogP contribution in [0.15, 0.2) is 12.7 Å². The normalized spacial score (nSPS) is 13.4. The molecule has 0 fully saturated rings. The van der Waals surface area contributed by atoms with Crippen molar-refractivity contribution >= 4 is 0 Å². The Morgan fingerprint density at radius 1 is 1.86 bits per heavy atom. The van der Waals surface area contributed by atoms with E-state index in [0.29, 0.717) is 0 Å². The van der Waals surface area contributed by atoms with Crippen molar-refractivity contribution in [3.05, 3.63) is 12.7 Å². The molecule has 0 aliphatic heterocycles. The molecule has 1 nitrogen and oxygen atoms in total. The fourth-order valence-corrected chi connectivity index (χ4v) is 0.414. The third kappa shape index (κ3) is 3.53. The second-order valence-corrected chi connectivity index (χ2v) is 1.59. The van der Waals surface area contributed by atoms with Gasteiger partial charge in [-0.2, -0.15) is 0 Å². The molecule has 0 amide bonds. The molecule has 0 aromatic heterocycles. The highest BCUT2D eigenvalue weighted by Crippen LogP contribution is 1.94. The lowest BCUT2D eigenvalue weighted by atomic mass is 10.2. The van der Waals surface area contributed by atoms with Crippen LogP contribution in [0, 0.1) is 0 Å². The molecule has 0 saturated heterocycles. The van der Waals surface area contributed by atoms with E-state index in [9.17, 15) is 0 Å². The third-order valence-corrected chi connectivity index (χ3v) is 0.857. The SMILES string of the molecule is C=C[C@H](O)CCC. The summed E-state index contributed by atoms with van der Waals surface area (Å²) in [5.74, 6) is 0. The van der Waals surface area contributed by atoms with E-state index in [1.807, 2.05) is 6.92 Å². The van der Waals surface area contributed by atoms with Gasteiger partial charge in [0.15, 0.2) is 0 Å². The minimum absolute atomic E-state index is 0.287. The van der Waals surface area contributed by atoms with Crippen molar-refractivity contribution in [3.63, 3.8) is 0 Å². The van der Waals surface area contributed by atoms with E-state index in [4.69, 9.17) is 5.11 Å². The van der Waals surface area contributed by atoms with Gasteiger partial charge in [-0.25, -0.2) is 0 Å². The van der Waals surface area contributed by atoms with Gasteiger partial charge in [0.05, 0.1) is 6.10 Å². The first kappa shape index (κ1) is 6.70. The topological polar surface area (TPSA) is 20.2 Å². The molecule has 0 saturated carbocycles. The molecule has 0 aromatic carbocycles. The summed E-state index contributed by atoms with van der Waals surface area (Å²) in [5.41, 5.74) is 0. The van der Waals surface area contributed by atoms with E-state index < -0.39 is 0 Å². The van der Waals surface area contributed by atoms with Crippen LogP contribution in [0.25, 0.3) is 0 Å². The summed E-state index contributed by atoms with van der Waals surface area (Å²) in [6.45, 7) is 5.46. The Bertz CT molecular complexity index is 50.1. The van der Waals surface area contributed by atoms with Crippen LogP contribution in [0.2, 0.25) is 0 Å². The Morgan fingerprint density at radius 3 is 2.57 bits per heavy atom. The van der Waals surface area contributed by atoms with Gasteiger partial charge in [-0.1, -0.05) is 19.4 Å². The summed E-state index contributed by atoms with van der Waals surface area (Å²) >= 11 is 0. The van der Waals surface area contributed by atoms with Crippen LogP contribution in [0.5, 0.6) is 0 Å². The lowest BCUT2D eigenvalue weighted by Crippen LogP contribution is -1.98. The van der Waals surface area contributed by atoms with Crippen LogP contribution in [-0.2, 0) is 0 Å². The Balaban J connectivity index is 2.98. The molecule has 0 aromatic rings. The Kier molecular flexibility index (Phi) is 3.71. The standard InChI is InChI=1S/C6H12O/c1-3-5-6(7)4-2/h4,6-7H,2-3,5H2,1H3/t6-/m0/s1. The van der Waals surface area contributed by atoms with Crippen LogP contribution in [-0.4, -0.2) is 11.2 Å². The predicted molar refractivity (Wildman–Crippen MR) is 31.1 cm³/mol. The molecular weight excluding hydrogens is 88.1 g/mol. The second-order valence-electron chi connectivity index (χ2n) is 1.59. The van der Waals surface area contributed by atoms with Gasteiger partial charge in [0, 0.05) is 0 Å². The highest BCUT2D eigenvalue weighted by atomic mass is 16.3. The van der Waals surface area contributed by atoms with Crippen LogP contribution < -0.4 is 0 Å². The fraction of sp³-hybridized carbons (Fsp3) is 0.667. The maximum Gasteiger partial charge on any atom is 0.0718 e. The first-order valence-corrected chi connectivity index (χ1v) is 2.62. The average Bonchev–Trinajstić information content (AvgIpc) is 1.68. The van der Waals surface area contributed by atoms with Crippen LogP contribution in [0.3, 0.4) is 0 Å². The van der Waals surface area contributed by atoms with E-state index in [1.165, 1.54) is 0 Å². The molecule has 1 N–H and O–H groups in total. The minimum atomic E-state index is -0.287. The predicted octanol–water partition coefficient (Wildman–Crippen LogP) is 1.33. The van der Waals surface area contributed by atoms with Gasteiger partial charge in [-0.3, -0.25) is 0 Å². The van der Waals surface area contributed by atoms with Gasteiger partial charge in [0.25, 0.3) is 0 Å². The first-order valence-electron chi connectivity index (χ1n) is 2.62. The van der Waals surface area contributed by atoms with Gasteiger partial charge in [0.1, 0.15) is 0 Å².